The van der Waals surface area contributed by atoms with Crippen LogP contribution in [0.4, 0.5) is 0 Å². The molecule has 0 amide bonds. The predicted molar refractivity (Wildman–Crippen MR) is 154 cm³/mol. The van der Waals surface area contributed by atoms with E-state index in [2.05, 4.69) is 92.8 Å². The number of nitrogens with zero attached hydrogens (tertiary/aromatic N) is 1. The van der Waals surface area contributed by atoms with Crippen LogP contribution in [-0.4, -0.2) is 39.6 Å². The topological polar surface area (TPSA) is 91.8 Å². The first kappa shape index (κ1) is 34.8. The van der Waals surface area contributed by atoms with E-state index in [0.29, 0.717) is 75.1 Å². The summed E-state index contributed by atoms with van der Waals surface area (Å²) in [6, 6.07) is 0. The SMILES string of the molecule is CC(C)COP1(OCC(C)C)=N[P+](OCC(C)C)(OCC(C)C)N[P+](OCC(C)C)(OCC(C)C)N1. The molecule has 0 aliphatic carbocycles. The van der Waals surface area contributed by atoms with Crippen LogP contribution in [0.5, 0.6) is 0 Å². The van der Waals surface area contributed by atoms with Gasteiger partial charge in [-0.05, 0) is 40.4 Å². The highest BCUT2D eigenvalue weighted by Gasteiger charge is 2.70. The fraction of sp³-hybridized carbons (Fsp3) is 1.00. The fourth-order valence-corrected chi connectivity index (χ4v) is 13.9. The Hall–Kier alpha value is 0.770. The van der Waals surface area contributed by atoms with Gasteiger partial charge in [0.05, 0.1) is 18.1 Å². The molecule has 0 aromatic carbocycles. The second-order valence-electron chi connectivity index (χ2n) is 12.0. The molecule has 0 spiro atoms. The minimum atomic E-state index is -3.07. The average Bonchev–Trinajstić information content (AvgIpc) is 2.76. The molecule has 0 radical (unpaired) electrons. The zero-order valence-corrected chi connectivity index (χ0v) is 27.6. The Morgan fingerprint density at radius 3 is 1.19 bits per heavy atom. The zero-order valence-electron chi connectivity index (χ0n) is 24.9. The smallest absolute Gasteiger partial charge is 0.307 e. The third-order valence-electron chi connectivity index (χ3n) is 4.26. The first-order valence-electron chi connectivity index (χ1n) is 13.5. The Balaban J connectivity index is 3.72. The zero-order chi connectivity index (χ0) is 27.6. The number of nitrogens with one attached hydrogen (secondary N) is 2. The first-order chi connectivity index (χ1) is 16.6. The highest BCUT2D eigenvalue weighted by atomic mass is 31.3. The highest BCUT2D eigenvalue weighted by Crippen LogP contribution is 2.82. The standard InChI is InChI=1S/C24H56N3O6P3/c1-19(2)13-28-34(29-14-20(3)4)25-35(30-15-21(5)6,31-16-22(7)8)27-36(26-34,32-17-23(9)10)33-18-24(11)12/h19-26H,13-18H2,1-12H3/q+2. The van der Waals surface area contributed by atoms with E-state index in [-0.39, 0.29) is 0 Å². The van der Waals surface area contributed by atoms with Crippen molar-refractivity contribution in [1.82, 2.24) is 9.72 Å². The van der Waals surface area contributed by atoms with Gasteiger partial charge in [-0.15, -0.1) is 0 Å². The van der Waals surface area contributed by atoms with Crippen molar-refractivity contribution in [2.24, 2.45) is 40.0 Å². The molecule has 1 rings (SSSR count). The Kier molecular flexibility index (Phi) is 15.6. The molecule has 1 heterocycles. The van der Waals surface area contributed by atoms with E-state index in [4.69, 9.17) is 31.7 Å². The molecule has 1 aliphatic rings. The van der Waals surface area contributed by atoms with E-state index in [1.165, 1.54) is 0 Å². The maximum atomic E-state index is 6.56. The highest BCUT2D eigenvalue weighted by molar-refractivity contribution is 7.88. The Labute approximate surface area is 223 Å². The lowest BCUT2D eigenvalue weighted by molar-refractivity contribution is 0.158. The van der Waals surface area contributed by atoms with Crippen LogP contribution in [0.15, 0.2) is 4.52 Å². The van der Waals surface area contributed by atoms with Gasteiger partial charge in [-0.2, -0.15) is 18.1 Å². The molecule has 0 saturated carbocycles. The van der Waals surface area contributed by atoms with Crippen LogP contribution in [-0.2, 0) is 27.1 Å². The van der Waals surface area contributed by atoms with E-state index < -0.39 is 23.7 Å². The Bertz CT molecular complexity index is 637. The van der Waals surface area contributed by atoms with Crippen molar-refractivity contribution in [2.45, 2.75) is 83.1 Å². The van der Waals surface area contributed by atoms with Gasteiger partial charge in [0, 0.05) is 4.52 Å². The van der Waals surface area contributed by atoms with Crippen molar-refractivity contribution in [3.05, 3.63) is 0 Å². The molecular formula is C24H56N3O6P3+2. The minimum Gasteiger partial charge on any atom is -0.307 e. The molecule has 0 saturated heterocycles. The van der Waals surface area contributed by atoms with Crippen molar-refractivity contribution >= 4 is 23.7 Å². The van der Waals surface area contributed by atoms with Gasteiger partial charge in [0.15, 0.2) is 0 Å². The lowest BCUT2D eigenvalue weighted by atomic mass is 10.2. The minimum absolute atomic E-state index is 0.290. The van der Waals surface area contributed by atoms with E-state index >= 15 is 0 Å². The molecule has 9 nitrogen and oxygen atoms in total. The number of hydrogen-bond acceptors (Lipinski definition) is 9. The quantitative estimate of drug-likeness (QED) is 0.157. The van der Waals surface area contributed by atoms with Gasteiger partial charge >= 0.3 is 23.7 Å². The summed E-state index contributed by atoms with van der Waals surface area (Å²) in [6.45, 7) is 28.3. The molecule has 216 valence electrons. The monoisotopic (exact) mass is 575 g/mol. The van der Waals surface area contributed by atoms with Gasteiger partial charge in [0.2, 0.25) is 0 Å². The van der Waals surface area contributed by atoms with Crippen LogP contribution >= 0.6 is 23.7 Å². The molecule has 2 N–H and O–H groups in total. The molecule has 36 heavy (non-hydrogen) atoms. The van der Waals surface area contributed by atoms with Gasteiger partial charge in [-0.1, -0.05) is 83.1 Å². The third-order valence-corrected chi connectivity index (χ3v) is 13.3. The lowest BCUT2D eigenvalue weighted by Crippen LogP contribution is -2.38. The van der Waals surface area contributed by atoms with Crippen LogP contribution in [0.2, 0.25) is 0 Å². The summed E-state index contributed by atoms with van der Waals surface area (Å²) in [7, 11) is -9.11. The second kappa shape index (κ2) is 16.1. The summed E-state index contributed by atoms with van der Waals surface area (Å²) in [4.78, 5) is 7.11. The second-order valence-corrected chi connectivity index (χ2v) is 19.1. The molecule has 1 aliphatic heterocycles. The molecule has 0 aromatic rings. The van der Waals surface area contributed by atoms with Gasteiger partial charge in [-0.25, -0.2) is 0 Å². The maximum absolute atomic E-state index is 6.56. The number of hydrogen-bond donors (Lipinski definition) is 2. The van der Waals surface area contributed by atoms with E-state index in [1.54, 1.807) is 0 Å². The van der Waals surface area contributed by atoms with Gasteiger partial charge in [0.25, 0.3) is 0 Å². The van der Waals surface area contributed by atoms with Crippen molar-refractivity contribution in [3.63, 3.8) is 0 Å². The summed E-state index contributed by atoms with van der Waals surface area (Å²) in [5.74, 6) is 1.76. The third kappa shape index (κ3) is 13.2. The van der Waals surface area contributed by atoms with Crippen molar-refractivity contribution in [1.29, 1.82) is 0 Å². The summed E-state index contributed by atoms with van der Waals surface area (Å²) >= 11 is 0. The van der Waals surface area contributed by atoms with Crippen molar-refractivity contribution < 1.29 is 27.1 Å². The molecule has 0 unspecified atom stereocenters. The summed E-state index contributed by atoms with van der Waals surface area (Å²) in [6.07, 6.45) is 0. The van der Waals surface area contributed by atoms with Crippen LogP contribution in [0.3, 0.4) is 0 Å². The van der Waals surface area contributed by atoms with Gasteiger partial charge in [-0.3, -0.25) is 0 Å². The largest absolute Gasteiger partial charge is 0.525 e. The summed E-state index contributed by atoms with van der Waals surface area (Å²) in [5, 5.41) is 0. The average molecular weight is 576 g/mol. The van der Waals surface area contributed by atoms with Crippen molar-refractivity contribution in [3.8, 4) is 0 Å². The van der Waals surface area contributed by atoms with E-state index in [9.17, 15) is 0 Å². The van der Waals surface area contributed by atoms with Crippen molar-refractivity contribution in [2.75, 3.05) is 39.6 Å². The van der Waals surface area contributed by atoms with Crippen LogP contribution < -0.4 is 9.72 Å². The molecule has 0 atom stereocenters. The molecule has 0 aromatic heterocycles. The maximum Gasteiger partial charge on any atom is 0.525 e. The molecule has 0 bridgehead atoms. The Morgan fingerprint density at radius 1 is 0.528 bits per heavy atom. The van der Waals surface area contributed by atoms with Crippen LogP contribution in [0.25, 0.3) is 0 Å². The summed E-state index contributed by atoms with van der Waals surface area (Å²) in [5.41, 5.74) is 0. The van der Waals surface area contributed by atoms with E-state index in [0.717, 1.165) is 0 Å². The Morgan fingerprint density at radius 2 is 0.861 bits per heavy atom. The van der Waals surface area contributed by atoms with Crippen LogP contribution in [0, 0.1) is 35.5 Å². The summed E-state index contributed by atoms with van der Waals surface area (Å²) < 4.78 is 44.4. The predicted octanol–water partition coefficient (Wildman–Crippen LogP) is 8.52. The number of rotatable bonds is 18. The normalized spacial score (nSPS) is 19.3. The lowest BCUT2D eigenvalue weighted by Gasteiger charge is -2.35. The fourth-order valence-electron chi connectivity index (χ4n) is 2.50. The van der Waals surface area contributed by atoms with Gasteiger partial charge in [0.1, 0.15) is 26.4 Å². The molecular weight excluding hydrogens is 519 g/mol. The first-order valence-corrected chi connectivity index (χ1v) is 18.3. The van der Waals surface area contributed by atoms with E-state index in [1.807, 2.05) is 0 Å². The van der Waals surface area contributed by atoms with Gasteiger partial charge < -0.3 is 9.05 Å². The molecule has 12 heteroatoms. The van der Waals surface area contributed by atoms with Crippen LogP contribution in [0.1, 0.15) is 83.1 Å². The molecule has 0 fully saturated rings.